The van der Waals surface area contributed by atoms with Crippen LogP contribution in [0.4, 0.5) is 0 Å². The molecule has 1 saturated heterocycles. The molecule has 0 radical (unpaired) electrons. The highest BCUT2D eigenvalue weighted by molar-refractivity contribution is 7.89. The summed E-state index contributed by atoms with van der Waals surface area (Å²) >= 11 is 0. The van der Waals surface area contributed by atoms with Crippen molar-refractivity contribution < 1.29 is 22.7 Å². The number of nitrogens with one attached hydrogen (secondary N) is 1. The lowest BCUT2D eigenvalue weighted by molar-refractivity contribution is 0.104. The van der Waals surface area contributed by atoms with Crippen molar-refractivity contribution in [3.63, 3.8) is 0 Å². The third-order valence-electron chi connectivity index (χ3n) is 6.23. The highest BCUT2D eigenvalue weighted by Crippen LogP contribution is 2.35. The van der Waals surface area contributed by atoms with E-state index < -0.39 is 10.0 Å². The van der Waals surface area contributed by atoms with Crippen LogP contribution in [0.5, 0.6) is 11.5 Å². The van der Waals surface area contributed by atoms with Crippen LogP contribution in [-0.2, 0) is 16.4 Å². The van der Waals surface area contributed by atoms with Crippen LogP contribution >= 0.6 is 0 Å². The molecule has 2 aliphatic heterocycles. The molecule has 0 amide bonds. The molecule has 0 atom stereocenters. The van der Waals surface area contributed by atoms with Crippen molar-refractivity contribution in [2.24, 2.45) is 0 Å². The lowest BCUT2D eigenvalue weighted by atomic mass is 9.95. The Kier molecular flexibility index (Phi) is 7.05. The molecule has 0 saturated carbocycles. The highest BCUT2D eigenvalue weighted by Gasteiger charge is 2.25. The van der Waals surface area contributed by atoms with Gasteiger partial charge in [0.15, 0.2) is 17.3 Å². The molecule has 2 aromatic carbocycles. The van der Waals surface area contributed by atoms with Gasteiger partial charge in [0.25, 0.3) is 0 Å². The molecule has 1 fully saturated rings. The van der Waals surface area contributed by atoms with Gasteiger partial charge in [0, 0.05) is 42.5 Å². The fraction of sp³-hybridized carbons (Fsp3) is 0.400. The molecule has 0 aromatic heterocycles. The maximum Gasteiger partial charge on any atom is 0.243 e. The summed E-state index contributed by atoms with van der Waals surface area (Å²) < 4.78 is 38.3. The first kappa shape index (κ1) is 23.3. The molecule has 0 bridgehead atoms. The molecule has 0 spiro atoms. The monoisotopic (exact) mass is 470 g/mol. The van der Waals surface area contributed by atoms with E-state index >= 15 is 0 Å². The number of carbonyl (C=O) groups excluding carboxylic acids is 1. The number of allylic oxidation sites excluding steroid dienone is 1. The maximum atomic E-state index is 13.0. The van der Waals surface area contributed by atoms with Gasteiger partial charge in [-0.3, -0.25) is 4.79 Å². The fourth-order valence-corrected chi connectivity index (χ4v) is 5.89. The molecule has 7 nitrogen and oxygen atoms in total. The van der Waals surface area contributed by atoms with Crippen LogP contribution < -0.4 is 14.8 Å². The summed E-state index contributed by atoms with van der Waals surface area (Å²) in [6.07, 6.45) is 6.25. The molecule has 0 unspecified atom stereocenters. The molecule has 4 rings (SSSR count). The summed E-state index contributed by atoms with van der Waals surface area (Å²) in [5.41, 5.74) is 3.12. The Bertz CT molecular complexity index is 1150. The van der Waals surface area contributed by atoms with Gasteiger partial charge in [0.2, 0.25) is 10.0 Å². The van der Waals surface area contributed by atoms with E-state index in [4.69, 9.17) is 9.47 Å². The third kappa shape index (κ3) is 4.91. The molecule has 2 heterocycles. The van der Waals surface area contributed by atoms with Crippen molar-refractivity contribution in [3.05, 3.63) is 59.2 Å². The molecule has 33 heavy (non-hydrogen) atoms. The molecular weight excluding hydrogens is 440 g/mol. The van der Waals surface area contributed by atoms with Crippen LogP contribution in [0.1, 0.15) is 47.2 Å². The normalized spacial score (nSPS) is 18.2. The highest BCUT2D eigenvalue weighted by atomic mass is 32.2. The van der Waals surface area contributed by atoms with Gasteiger partial charge in [-0.15, -0.1) is 0 Å². The van der Waals surface area contributed by atoms with Crippen molar-refractivity contribution in [2.45, 2.75) is 37.0 Å². The second-order valence-corrected chi connectivity index (χ2v) is 10.2. The minimum absolute atomic E-state index is 0.196. The van der Waals surface area contributed by atoms with Crippen LogP contribution in [0.15, 0.2) is 47.4 Å². The predicted molar refractivity (Wildman–Crippen MR) is 127 cm³/mol. The molecule has 2 aliphatic rings. The number of fused-ring (bicyclic) bond motifs is 1. The number of nitrogens with zero attached hydrogens (tertiary/aromatic N) is 1. The van der Waals surface area contributed by atoms with Crippen molar-refractivity contribution in [2.75, 3.05) is 33.9 Å². The fourth-order valence-electron chi connectivity index (χ4n) is 4.37. The number of carbonyl (C=O) groups is 1. The molecule has 1 N–H and O–H groups in total. The average Bonchev–Trinajstić information content (AvgIpc) is 3.14. The van der Waals surface area contributed by atoms with Gasteiger partial charge in [-0.2, -0.15) is 4.31 Å². The van der Waals surface area contributed by atoms with E-state index in [9.17, 15) is 13.2 Å². The van der Waals surface area contributed by atoms with E-state index in [1.807, 2.05) is 12.1 Å². The van der Waals surface area contributed by atoms with E-state index in [0.29, 0.717) is 42.4 Å². The Morgan fingerprint density at radius 1 is 0.970 bits per heavy atom. The zero-order valence-electron chi connectivity index (χ0n) is 19.1. The van der Waals surface area contributed by atoms with Gasteiger partial charge in [0.05, 0.1) is 19.1 Å². The van der Waals surface area contributed by atoms with E-state index in [1.54, 1.807) is 36.7 Å². The van der Waals surface area contributed by atoms with Gasteiger partial charge < -0.3 is 14.8 Å². The van der Waals surface area contributed by atoms with Gasteiger partial charge in [-0.05, 0) is 61.2 Å². The van der Waals surface area contributed by atoms with E-state index in [2.05, 4.69) is 5.32 Å². The molecule has 0 aliphatic carbocycles. The Hall–Kier alpha value is -2.84. The number of hydrogen-bond acceptors (Lipinski definition) is 6. The van der Waals surface area contributed by atoms with Crippen LogP contribution in [-0.4, -0.2) is 52.4 Å². The largest absolute Gasteiger partial charge is 0.493 e. The lowest BCUT2D eigenvalue weighted by Crippen LogP contribution is -2.31. The quantitative estimate of drug-likeness (QED) is 0.513. The van der Waals surface area contributed by atoms with Crippen LogP contribution in [0, 0.1) is 0 Å². The number of ether oxygens (including phenoxy) is 2. The summed E-state index contributed by atoms with van der Waals surface area (Å²) in [6, 6.07) is 10.0. The van der Waals surface area contributed by atoms with Crippen molar-refractivity contribution in [1.82, 2.24) is 9.62 Å². The first-order chi connectivity index (χ1) is 15.9. The first-order valence-electron chi connectivity index (χ1n) is 11.3. The van der Waals surface area contributed by atoms with Crippen molar-refractivity contribution in [3.8, 4) is 11.5 Å². The molecule has 2 aromatic rings. The van der Waals surface area contributed by atoms with Crippen molar-refractivity contribution in [1.29, 1.82) is 0 Å². The third-order valence-corrected chi connectivity index (χ3v) is 8.14. The zero-order chi connectivity index (χ0) is 23.4. The number of methoxy groups -OCH3 is 2. The minimum Gasteiger partial charge on any atom is -0.493 e. The summed E-state index contributed by atoms with van der Waals surface area (Å²) in [5.74, 6) is 1.06. The Labute approximate surface area is 195 Å². The zero-order valence-corrected chi connectivity index (χ0v) is 19.9. The Morgan fingerprint density at radius 3 is 2.24 bits per heavy atom. The van der Waals surface area contributed by atoms with E-state index in [0.717, 1.165) is 43.2 Å². The number of benzene rings is 2. The van der Waals surface area contributed by atoms with E-state index in [-0.39, 0.29) is 10.7 Å². The number of hydrogen-bond donors (Lipinski definition) is 1. The van der Waals surface area contributed by atoms with Gasteiger partial charge >= 0.3 is 0 Å². The van der Waals surface area contributed by atoms with Crippen LogP contribution in [0.3, 0.4) is 0 Å². The first-order valence-corrected chi connectivity index (χ1v) is 12.7. The number of ketones is 1. The average molecular weight is 471 g/mol. The van der Waals surface area contributed by atoms with Gasteiger partial charge in [-0.1, -0.05) is 12.8 Å². The number of sulfonamides is 1. The standard InChI is InChI=1S/C25H30N2O5S/c1-31-24-15-19-11-12-26-22(21(19)16-25(24)32-2)17-23(28)18-7-9-20(10-8-18)33(29,30)27-13-5-3-4-6-14-27/h7-10,15-17,26H,3-6,11-14H2,1-2H3/b22-17+. The SMILES string of the molecule is COc1cc2c(cc1OC)/C(=C\C(=O)c1ccc(S(=O)(=O)N3CCCCCC3)cc1)NCC2. The summed E-state index contributed by atoms with van der Waals surface area (Å²) in [5, 5.41) is 3.29. The minimum atomic E-state index is -3.54. The maximum absolute atomic E-state index is 13.0. The van der Waals surface area contributed by atoms with E-state index in [1.165, 1.54) is 12.1 Å². The molecular formula is C25H30N2O5S. The van der Waals surface area contributed by atoms with Crippen LogP contribution in [0.2, 0.25) is 0 Å². The Balaban J connectivity index is 1.57. The second-order valence-electron chi connectivity index (χ2n) is 8.31. The molecule has 8 heteroatoms. The van der Waals surface area contributed by atoms with Gasteiger partial charge in [-0.25, -0.2) is 8.42 Å². The smallest absolute Gasteiger partial charge is 0.243 e. The summed E-state index contributed by atoms with van der Waals surface area (Å²) in [6.45, 7) is 1.80. The topological polar surface area (TPSA) is 84.9 Å². The predicted octanol–water partition coefficient (Wildman–Crippen LogP) is 3.64. The summed E-state index contributed by atoms with van der Waals surface area (Å²) in [4.78, 5) is 13.2. The van der Waals surface area contributed by atoms with Crippen LogP contribution in [0.25, 0.3) is 5.70 Å². The summed E-state index contributed by atoms with van der Waals surface area (Å²) in [7, 11) is -0.362. The Morgan fingerprint density at radius 2 is 1.61 bits per heavy atom. The van der Waals surface area contributed by atoms with Gasteiger partial charge in [0.1, 0.15) is 0 Å². The molecule has 176 valence electrons. The second kappa shape index (κ2) is 9.97. The number of rotatable bonds is 6. The van der Waals surface area contributed by atoms with Crippen molar-refractivity contribution >= 4 is 21.5 Å². The lowest BCUT2D eigenvalue weighted by Gasteiger charge is -2.23.